The maximum absolute atomic E-state index is 12.8. The SMILES string of the molecule is Cc1cc(C)c(C(=O)N(C)C2CCCCC2N)c(C)c1. The molecule has 2 N–H and O–H groups in total. The topological polar surface area (TPSA) is 46.3 Å². The zero-order valence-electron chi connectivity index (χ0n) is 13.1. The molecule has 0 aromatic heterocycles. The lowest BCUT2D eigenvalue weighted by Gasteiger charge is -2.36. The lowest BCUT2D eigenvalue weighted by molar-refractivity contribution is 0.0670. The summed E-state index contributed by atoms with van der Waals surface area (Å²) >= 11 is 0. The molecule has 2 atom stereocenters. The van der Waals surface area contributed by atoms with Crippen LogP contribution in [-0.2, 0) is 0 Å². The molecule has 2 unspecified atom stereocenters. The van der Waals surface area contributed by atoms with E-state index in [1.807, 2.05) is 25.8 Å². The van der Waals surface area contributed by atoms with E-state index in [2.05, 4.69) is 19.1 Å². The van der Waals surface area contributed by atoms with Crippen LogP contribution in [0.2, 0.25) is 0 Å². The molecule has 20 heavy (non-hydrogen) atoms. The predicted molar refractivity (Wildman–Crippen MR) is 83.0 cm³/mol. The minimum absolute atomic E-state index is 0.113. The van der Waals surface area contributed by atoms with Gasteiger partial charge in [0.1, 0.15) is 0 Å². The first-order valence-corrected chi connectivity index (χ1v) is 7.52. The molecule has 0 saturated heterocycles. The Hall–Kier alpha value is -1.35. The third-order valence-corrected chi connectivity index (χ3v) is 4.49. The number of hydrogen-bond donors (Lipinski definition) is 1. The van der Waals surface area contributed by atoms with Gasteiger partial charge < -0.3 is 10.6 Å². The lowest BCUT2D eigenvalue weighted by atomic mass is 9.89. The van der Waals surface area contributed by atoms with Gasteiger partial charge in [-0.3, -0.25) is 4.79 Å². The van der Waals surface area contributed by atoms with Gasteiger partial charge in [0.15, 0.2) is 0 Å². The van der Waals surface area contributed by atoms with E-state index in [4.69, 9.17) is 5.73 Å². The minimum atomic E-state index is 0.113. The number of hydrogen-bond acceptors (Lipinski definition) is 2. The standard InChI is InChI=1S/C17H26N2O/c1-11-9-12(2)16(13(3)10-11)17(20)19(4)15-8-6-5-7-14(15)18/h9-10,14-15H,5-8,18H2,1-4H3. The van der Waals surface area contributed by atoms with Gasteiger partial charge in [0.2, 0.25) is 0 Å². The number of benzene rings is 1. The van der Waals surface area contributed by atoms with Crippen molar-refractivity contribution >= 4 is 5.91 Å². The van der Waals surface area contributed by atoms with E-state index >= 15 is 0 Å². The maximum atomic E-state index is 12.8. The second-order valence-corrected chi connectivity index (χ2v) is 6.21. The van der Waals surface area contributed by atoms with Crippen LogP contribution in [0.15, 0.2) is 12.1 Å². The number of amides is 1. The molecule has 1 fully saturated rings. The van der Waals surface area contributed by atoms with Crippen molar-refractivity contribution in [1.82, 2.24) is 4.90 Å². The summed E-state index contributed by atoms with van der Waals surface area (Å²) in [6.45, 7) is 6.10. The molecule has 0 heterocycles. The number of likely N-dealkylation sites (N-methyl/N-ethyl adjacent to an activating group) is 1. The third kappa shape index (κ3) is 2.88. The normalized spacial score (nSPS) is 22.6. The van der Waals surface area contributed by atoms with Crippen LogP contribution in [0.4, 0.5) is 0 Å². The van der Waals surface area contributed by atoms with Crippen LogP contribution in [0.5, 0.6) is 0 Å². The highest BCUT2D eigenvalue weighted by atomic mass is 16.2. The first kappa shape index (κ1) is 15.0. The van der Waals surface area contributed by atoms with Gasteiger partial charge in [-0.1, -0.05) is 30.5 Å². The molecule has 1 saturated carbocycles. The molecule has 1 aromatic carbocycles. The summed E-state index contributed by atoms with van der Waals surface area (Å²) in [6, 6.07) is 4.45. The smallest absolute Gasteiger partial charge is 0.254 e. The largest absolute Gasteiger partial charge is 0.337 e. The van der Waals surface area contributed by atoms with Crippen LogP contribution in [0.3, 0.4) is 0 Å². The molecule has 3 nitrogen and oxygen atoms in total. The van der Waals surface area contributed by atoms with Gasteiger partial charge in [0.05, 0.1) is 0 Å². The van der Waals surface area contributed by atoms with E-state index in [1.165, 1.54) is 18.4 Å². The average Bonchev–Trinajstić information content (AvgIpc) is 2.37. The summed E-state index contributed by atoms with van der Waals surface area (Å²) in [5, 5.41) is 0. The second-order valence-electron chi connectivity index (χ2n) is 6.21. The van der Waals surface area contributed by atoms with Crippen molar-refractivity contribution in [2.45, 2.75) is 58.5 Å². The van der Waals surface area contributed by atoms with Gasteiger partial charge in [-0.2, -0.15) is 0 Å². The number of rotatable bonds is 2. The molecular formula is C17H26N2O. The summed E-state index contributed by atoms with van der Waals surface area (Å²) in [7, 11) is 1.90. The van der Waals surface area contributed by atoms with E-state index < -0.39 is 0 Å². The molecular weight excluding hydrogens is 248 g/mol. The molecule has 1 aromatic rings. The molecule has 0 bridgehead atoms. The summed E-state index contributed by atoms with van der Waals surface area (Å²) < 4.78 is 0. The average molecular weight is 274 g/mol. The van der Waals surface area contributed by atoms with Crippen molar-refractivity contribution in [2.24, 2.45) is 5.73 Å². The monoisotopic (exact) mass is 274 g/mol. The third-order valence-electron chi connectivity index (χ3n) is 4.49. The summed E-state index contributed by atoms with van der Waals surface area (Å²) in [5.74, 6) is 0.113. The Kier molecular flexibility index (Phi) is 4.48. The van der Waals surface area contributed by atoms with Crippen molar-refractivity contribution in [1.29, 1.82) is 0 Å². The molecule has 2 rings (SSSR count). The number of aryl methyl sites for hydroxylation is 3. The van der Waals surface area contributed by atoms with E-state index in [1.54, 1.807) is 0 Å². The molecule has 1 amide bonds. The fraction of sp³-hybridized carbons (Fsp3) is 0.588. The van der Waals surface area contributed by atoms with Crippen LogP contribution in [0.25, 0.3) is 0 Å². The van der Waals surface area contributed by atoms with Crippen LogP contribution < -0.4 is 5.73 Å². The minimum Gasteiger partial charge on any atom is -0.337 e. The summed E-state index contributed by atoms with van der Waals surface area (Å²) in [5.41, 5.74) is 10.4. The highest BCUT2D eigenvalue weighted by Gasteiger charge is 2.29. The van der Waals surface area contributed by atoms with Gasteiger partial charge in [-0.05, 0) is 44.7 Å². The highest BCUT2D eigenvalue weighted by molar-refractivity contribution is 5.97. The summed E-state index contributed by atoms with van der Waals surface area (Å²) in [4.78, 5) is 14.7. The number of nitrogens with two attached hydrogens (primary N) is 1. The Morgan fingerprint density at radius 1 is 1.15 bits per heavy atom. The summed E-state index contributed by atoms with van der Waals surface area (Å²) in [6.07, 6.45) is 4.39. The molecule has 110 valence electrons. The Morgan fingerprint density at radius 2 is 1.70 bits per heavy atom. The highest BCUT2D eigenvalue weighted by Crippen LogP contribution is 2.24. The predicted octanol–water partition coefficient (Wildman–Crippen LogP) is 2.95. The Labute approximate surface area is 122 Å². The van der Waals surface area contributed by atoms with E-state index in [9.17, 15) is 4.79 Å². The van der Waals surface area contributed by atoms with Gasteiger partial charge in [-0.25, -0.2) is 0 Å². The van der Waals surface area contributed by atoms with Crippen LogP contribution in [0, 0.1) is 20.8 Å². The van der Waals surface area contributed by atoms with E-state index in [-0.39, 0.29) is 18.0 Å². The Morgan fingerprint density at radius 3 is 2.25 bits per heavy atom. The van der Waals surface area contributed by atoms with Gasteiger partial charge in [-0.15, -0.1) is 0 Å². The zero-order valence-corrected chi connectivity index (χ0v) is 13.1. The van der Waals surface area contributed by atoms with Crippen LogP contribution >= 0.6 is 0 Å². The van der Waals surface area contributed by atoms with Gasteiger partial charge in [0, 0.05) is 24.7 Å². The fourth-order valence-corrected chi connectivity index (χ4v) is 3.47. The molecule has 0 spiro atoms. The van der Waals surface area contributed by atoms with Gasteiger partial charge in [0.25, 0.3) is 5.91 Å². The van der Waals surface area contributed by atoms with Crippen molar-refractivity contribution in [2.75, 3.05) is 7.05 Å². The van der Waals surface area contributed by atoms with Crippen LogP contribution in [-0.4, -0.2) is 29.9 Å². The van der Waals surface area contributed by atoms with Crippen molar-refractivity contribution in [3.8, 4) is 0 Å². The van der Waals surface area contributed by atoms with E-state index in [0.717, 1.165) is 29.5 Å². The molecule has 1 aliphatic rings. The maximum Gasteiger partial charge on any atom is 0.254 e. The lowest BCUT2D eigenvalue weighted by Crippen LogP contribution is -2.50. The number of carbonyl (C=O) groups is 1. The number of carbonyl (C=O) groups excluding carboxylic acids is 1. The molecule has 3 heteroatoms. The van der Waals surface area contributed by atoms with Crippen LogP contribution in [0.1, 0.15) is 52.7 Å². The zero-order chi connectivity index (χ0) is 14.9. The van der Waals surface area contributed by atoms with Gasteiger partial charge >= 0.3 is 0 Å². The Bertz CT molecular complexity index is 487. The van der Waals surface area contributed by atoms with E-state index in [0.29, 0.717) is 0 Å². The van der Waals surface area contributed by atoms with Crippen molar-refractivity contribution in [3.63, 3.8) is 0 Å². The fourth-order valence-electron chi connectivity index (χ4n) is 3.47. The van der Waals surface area contributed by atoms with Crippen molar-refractivity contribution in [3.05, 3.63) is 34.4 Å². The second kappa shape index (κ2) is 5.96. The van der Waals surface area contributed by atoms with Crippen molar-refractivity contribution < 1.29 is 4.79 Å². The number of nitrogens with zero attached hydrogens (tertiary/aromatic N) is 1. The Balaban J connectivity index is 2.27. The quantitative estimate of drug-likeness (QED) is 0.901. The molecule has 0 aliphatic heterocycles. The first-order valence-electron chi connectivity index (χ1n) is 7.52. The first-order chi connectivity index (χ1) is 9.41. The molecule has 0 radical (unpaired) electrons. The molecule has 1 aliphatic carbocycles.